The normalized spacial score (nSPS) is 14.7. The van der Waals surface area contributed by atoms with Crippen LogP contribution in [0.5, 0.6) is 11.5 Å². The Hall–Kier alpha value is -5.58. The van der Waals surface area contributed by atoms with Crippen LogP contribution in [0.3, 0.4) is 0 Å². The molecular formula is C34H35N5O6. The number of amides is 3. The lowest BCUT2D eigenvalue weighted by molar-refractivity contribution is -0.139. The molecule has 4 aromatic rings. The number of esters is 1. The number of rotatable bonds is 11. The summed E-state index contributed by atoms with van der Waals surface area (Å²) in [5, 5.41) is 10.6. The van der Waals surface area contributed by atoms with Gasteiger partial charge in [0.25, 0.3) is 5.91 Å². The molecule has 1 aliphatic rings. The molecule has 0 radical (unpaired) electrons. The minimum absolute atomic E-state index is 0.190. The molecule has 1 aromatic heterocycles. The van der Waals surface area contributed by atoms with Crippen molar-refractivity contribution in [2.24, 2.45) is 5.10 Å². The second-order valence-corrected chi connectivity index (χ2v) is 10.4. The van der Waals surface area contributed by atoms with Crippen molar-refractivity contribution in [2.75, 3.05) is 20.3 Å². The lowest BCUT2D eigenvalue weighted by Gasteiger charge is -2.28. The molecule has 45 heavy (non-hydrogen) atoms. The maximum atomic E-state index is 12.7. The number of hydrogen-bond donors (Lipinski definition) is 3. The summed E-state index contributed by atoms with van der Waals surface area (Å²) in [5.74, 6) is -0.380. The maximum absolute atomic E-state index is 12.7. The third-order valence-corrected chi connectivity index (χ3v) is 7.49. The lowest BCUT2D eigenvalue weighted by atomic mass is 9.95. The largest absolute Gasteiger partial charge is 0.493 e. The molecule has 2 heterocycles. The van der Waals surface area contributed by atoms with Gasteiger partial charge < -0.3 is 29.4 Å². The Bertz CT molecular complexity index is 1790. The molecule has 0 unspecified atom stereocenters. The molecule has 3 amide bonds. The predicted molar refractivity (Wildman–Crippen MR) is 170 cm³/mol. The molecule has 232 valence electrons. The van der Waals surface area contributed by atoms with Crippen molar-refractivity contribution in [3.8, 4) is 11.5 Å². The third-order valence-electron chi connectivity index (χ3n) is 7.49. The Labute approximate surface area is 260 Å². The summed E-state index contributed by atoms with van der Waals surface area (Å²) in [6, 6.07) is 22.0. The fourth-order valence-corrected chi connectivity index (χ4v) is 5.34. The van der Waals surface area contributed by atoms with Crippen LogP contribution in [0, 0.1) is 6.92 Å². The molecule has 11 nitrogen and oxygen atoms in total. The Morgan fingerprint density at radius 2 is 1.78 bits per heavy atom. The van der Waals surface area contributed by atoms with E-state index in [9.17, 15) is 14.4 Å². The molecule has 3 N–H and O–H groups in total. The molecule has 0 aliphatic carbocycles. The molecule has 1 aliphatic heterocycles. The Morgan fingerprint density at radius 3 is 2.53 bits per heavy atom. The second-order valence-electron chi connectivity index (χ2n) is 10.4. The fraction of sp³-hybridized carbons (Fsp3) is 0.235. The summed E-state index contributed by atoms with van der Waals surface area (Å²) in [6.45, 7) is 5.96. The van der Waals surface area contributed by atoms with Gasteiger partial charge in [-0.05, 0) is 50.1 Å². The van der Waals surface area contributed by atoms with Gasteiger partial charge in [0, 0.05) is 34.4 Å². The number of carbonyl (C=O) groups excluding carboxylic acids is 3. The predicted octanol–water partition coefficient (Wildman–Crippen LogP) is 4.73. The number of hydrazone groups is 1. The van der Waals surface area contributed by atoms with Crippen LogP contribution < -0.4 is 25.5 Å². The Morgan fingerprint density at radius 1 is 1.02 bits per heavy atom. The topological polar surface area (TPSA) is 132 Å². The van der Waals surface area contributed by atoms with Crippen molar-refractivity contribution in [2.45, 2.75) is 33.4 Å². The molecule has 0 saturated carbocycles. The minimum Gasteiger partial charge on any atom is -0.493 e. The molecule has 5 rings (SSSR count). The van der Waals surface area contributed by atoms with Gasteiger partial charge in [-0.3, -0.25) is 4.79 Å². The van der Waals surface area contributed by atoms with Gasteiger partial charge in [0.15, 0.2) is 18.1 Å². The van der Waals surface area contributed by atoms with Gasteiger partial charge in [0.2, 0.25) is 0 Å². The van der Waals surface area contributed by atoms with Crippen molar-refractivity contribution >= 4 is 35.0 Å². The van der Waals surface area contributed by atoms with Crippen LogP contribution in [0.4, 0.5) is 4.79 Å². The van der Waals surface area contributed by atoms with E-state index in [0.29, 0.717) is 29.3 Å². The molecule has 0 fully saturated rings. The second kappa shape index (κ2) is 13.8. The SMILES string of the molecule is CCOC(=O)C1=C(C)NC(=O)N[C@@H]1c1ccc(OCC(=O)N/N=C\c2c(C)n(Cc3ccccc3)c3ccccc23)c(OC)c1. The molecular weight excluding hydrogens is 574 g/mol. The number of carbonyl (C=O) groups is 3. The van der Waals surface area contributed by atoms with E-state index < -0.39 is 23.9 Å². The van der Waals surface area contributed by atoms with Crippen LogP contribution in [0.1, 0.15) is 42.3 Å². The summed E-state index contributed by atoms with van der Waals surface area (Å²) >= 11 is 0. The van der Waals surface area contributed by atoms with Crippen molar-refractivity contribution in [1.82, 2.24) is 20.6 Å². The van der Waals surface area contributed by atoms with Crippen LogP contribution in [-0.2, 0) is 20.9 Å². The van der Waals surface area contributed by atoms with Crippen molar-refractivity contribution in [3.63, 3.8) is 0 Å². The standard InChI is InChI=1S/C34H35N5O6/c1-5-44-33(41)31-21(2)36-34(42)37-32(31)24-15-16-28(29(17-24)43-4)45-20-30(40)38-35-18-26-22(3)39(19-23-11-7-6-8-12-23)27-14-10-9-13-25(26)27/h6-18,32H,5,19-20H2,1-4H3,(H,38,40)(H2,36,37,42)/b35-18-/t32-/m1/s1. The number of allylic oxidation sites excluding steroid dienone is 1. The van der Waals surface area contributed by atoms with Gasteiger partial charge in [0.05, 0.1) is 31.5 Å². The number of urea groups is 1. The first-order chi connectivity index (χ1) is 21.8. The molecule has 0 saturated heterocycles. The quantitative estimate of drug-likeness (QED) is 0.128. The Balaban J connectivity index is 1.27. The van der Waals surface area contributed by atoms with E-state index in [4.69, 9.17) is 14.2 Å². The lowest BCUT2D eigenvalue weighted by Crippen LogP contribution is -2.45. The number of benzene rings is 3. The van der Waals surface area contributed by atoms with E-state index >= 15 is 0 Å². The third kappa shape index (κ3) is 6.82. The number of para-hydroxylation sites is 1. The van der Waals surface area contributed by atoms with Crippen LogP contribution in [0.25, 0.3) is 10.9 Å². The highest BCUT2D eigenvalue weighted by Crippen LogP contribution is 2.34. The van der Waals surface area contributed by atoms with E-state index in [2.05, 4.69) is 43.9 Å². The van der Waals surface area contributed by atoms with E-state index in [0.717, 1.165) is 22.2 Å². The van der Waals surface area contributed by atoms with E-state index in [1.807, 2.05) is 43.3 Å². The zero-order valence-electron chi connectivity index (χ0n) is 25.5. The highest BCUT2D eigenvalue weighted by Gasteiger charge is 2.32. The van der Waals surface area contributed by atoms with E-state index in [-0.39, 0.29) is 18.8 Å². The molecule has 11 heteroatoms. The number of methoxy groups -OCH3 is 1. The molecule has 0 spiro atoms. The minimum atomic E-state index is -0.763. The maximum Gasteiger partial charge on any atom is 0.338 e. The van der Waals surface area contributed by atoms with Crippen molar-refractivity contribution in [1.29, 1.82) is 0 Å². The van der Waals surface area contributed by atoms with Crippen LogP contribution >= 0.6 is 0 Å². The number of fused-ring (bicyclic) bond motifs is 1. The molecule has 3 aromatic carbocycles. The number of nitrogens with one attached hydrogen (secondary N) is 3. The number of hydrogen-bond acceptors (Lipinski definition) is 7. The average Bonchev–Trinajstić information content (AvgIpc) is 3.30. The number of ether oxygens (including phenoxy) is 3. The summed E-state index contributed by atoms with van der Waals surface area (Å²) in [6.07, 6.45) is 1.65. The van der Waals surface area contributed by atoms with Gasteiger partial charge >= 0.3 is 12.0 Å². The number of nitrogens with zero attached hydrogens (tertiary/aromatic N) is 2. The zero-order chi connectivity index (χ0) is 31.9. The van der Waals surface area contributed by atoms with E-state index in [1.165, 1.54) is 12.7 Å². The van der Waals surface area contributed by atoms with Crippen LogP contribution in [0.15, 0.2) is 89.2 Å². The first-order valence-electron chi connectivity index (χ1n) is 14.5. The molecule has 0 bridgehead atoms. The van der Waals surface area contributed by atoms with Crippen LogP contribution in [-0.4, -0.2) is 49.0 Å². The number of aromatic nitrogens is 1. The van der Waals surface area contributed by atoms with Crippen LogP contribution in [0.2, 0.25) is 0 Å². The Kier molecular flexibility index (Phi) is 9.47. The summed E-state index contributed by atoms with van der Waals surface area (Å²) < 4.78 is 18.7. The average molecular weight is 610 g/mol. The summed E-state index contributed by atoms with van der Waals surface area (Å²) in [7, 11) is 1.46. The van der Waals surface area contributed by atoms with Gasteiger partial charge in [0.1, 0.15) is 0 Å². The first kappa shape index (κ1) is 30.9. The highest BCUT2D eigenvalue weighted by molar-refractivity contribution is 6.01. The monoisotopic (exact) mass is 609 g/mol. The highest BCUT2D eigenvalue weighted by atomic mass is 16.5. The van der Waals surface area contributed by atoms with Gasteiger partial charge in [-0.25, -0.2) is 15.0 Å². The van der Waals surface area contributed by atoms with Crippen molar-refractivity contribution in [3.05, 3.63) is 106 Å². The van der Waals surface area contributed by atoms with Gasteiger partial charge in [-0.2, -0.15) is 5.10 Å². The first-order valence-corrected chi connectivity index (χ1v) is 14.5. The summed E-state index contributed by atoms with van der Waals surface area (Å²) in [4.78, 5) is 37.5. The molecule has 1 atom stereocenters. The fourth-order valence-electron chi connectivity index (χ4n) is 5.34. The smallest absolute Gasteiger partial charge is 0.338 e. The zero-order valence-corrected chi connectivity index (χ0v) is 25.5. The van der Waals surface area contributed by atoms with Gasteiger partial charge in [-0.15, -0.1) is 0 Å². The summed E-state index contributed by atoms with van der Waals surface area (Å²) in [5.41, 5.74) is 8.00. The van der Waals surface area contributed by atoms with Crippen molar-refractivity contribution < 1.29 is 28.6 Å². The van der Waals surface area contributed by atoms with Gasteiger partial charge in [-0.1, -0.05) is 54.6 Å². The van der Waals surface area contributed by atoms with E-state index in [1.54, 1.807) is 38.3 Å².